The molecule has 0 amide bonds. The Labute approximate surface area is 80.5 Å². The van der Waals surface area contributed by atoms with Gasteiger partial charge in [-0.25, -0.2) is 8.78 Å². The van der Waals surface area contributed by atoms with Gasteiger partial charge in [0.2, 0.25) is 5.82 Å². The van der Waals surface area contributed by atoms with E-state index in [0.29, 0.717) is 6.42 Å². The molecule has 0 aliphatic rings. The molecule has 0 unspecified atom stereocenters. The number of aryl methyl sites for hydroxylation is 1. The van der Waals surface area contributed by atoms with Crippen LogP contribution in [-0.4, -0.2) is 6.61 Å². The first-order valence-corrected chi connectivity index (χ1v) is 4.34. The summed E-state index contributed by atoms with van der Waals surface area (Å²) in [6.45, 7) is 3.47. The second-order valence-corrected chi connectivity index (χ2v) is 2.98. The number of rotatable bonds is 3. The van der Waals surface area contributed by atoms with E-state index in [-0.39, 0.29) is 17.9 Å². The van der Waals surface area contributed by atoms with Crippen molar-refractivity contribution in [1.29, 1.82) is 0 Å². The number of benzene rings is 1. The molecule has 1 rings (SSSR count). The zero-order valence-electron chi connectivity index (χ0n) is 8.03. The second-order valence-electron chi connectivity index (χ2n) is 2.98. The van der Waals surface area contributed by atoms with E-state index in [1.165, 1.54) is 6.92 Å². The van der Waals surface area contributed by atoms with Crippen LogP contribution in [0, 0.1) is 24.4 Å². The highest BCUT2D eigenvalue weighted by molar-refractivity contribution is 5.32. The average molecular weight is 204 g/mol. The minimum atomic E-state index is -1.48. The Bertz CT molecular complexity index is 337. The third-order valence-electron chi connectivity index (χ3n) is 1.76. The van der Waals surface area contributed by atoms with Gasteiger partial charge in [-0.05, 0) is 25.0 Å². The molecule has 0 saturated carbocycles. The van der Waals surface area contributed by atoms with Crippen molar-refractivity contribution < 1.29 is 17.9 Å². The fraction of sp³-hybridized carbons (Fsp3) is 0.400. The molecule has 78 valence electrons. The summed E-state index contributed by atoms with van der Waals surface area (Å²) < 4.78 is 43.6. The van der Waals surface area contributed by atoms with Crippen molar-refractivity contribution in [1.82, 2.24) is 0 Å². The van der Waals surface area contributed by atoms with Gasteiger partial charge in [-0.3, -0.25) is 0 Å². The molecule has 4 heteroatoms. The van der Waals surface area contributed by atoms with E-state index in [1.54, 1.807) is 0 Å². The molecule has 0 aliphatic carbocycles. The zero-order chi connectivity index (χ0) is 10.7. The van der Waals surface area contributed by atoms with Crippen molar-refractivity contribution in [3.05, 3.63) is 29.1 Å². The normalized spacial score (nSPS) is 10.4. The highest BCUT2D eigenvalue weighted by Crippen LogP contribution is 2.24. The molecular formula is C10H11F3O. The average Bonchev–Trinajstić information content (AvgIpc) is 2.18. The summed E-state index contributed by atoms with van der Waals surface area (Å²) in [7, 11) is 0. The van der Waals surface area contributed by atoms with E-state index in [2.05, 4.69) is 0 Å². The number of hydrogen-bond acceptors (Lipinski definition) is 1. The van der Waals surface area contributed by atoms with Crippen LogP contribution in [0.3, 0.4) is 0 Å². The first-order valence-electron chi connectivity index (χ1n) is 4.34. The van der Waals surface area contributed by atoms with Gasteiger partial charge in [0.05, 0.1) is 6.61 Å². The van der Waals surface area contributed by atoms with E-state index in [0.717, 1.165) is 6.07 Å². The second kappa shape index (κ2) is 4.35. The number of hydrogen-bond donors (Lipinski definition) is 0. The Morgan fingerprint density at radius 2 is 1.79 bits per heavy atom. The van der Waals surface area contributed by atoms with Crippen molar-refractivity contribution in [2.24, 2.45) is 0 Å². The first-order chi connectivity index (χ1) is 6.57. The third-order valence-corrected chi connectivity index (χ3v) is 1.76. The minimum Gasteiger partial charge on any atom is -0.490 e. The maximum absolute atomic E-state index is 13.0. The lowest BCUT2D eigenvalue weighted by Gasteiger charge is -2.08. The van der Waals surface area contributed by atoms with E-state index < -0.39 is 17.5 Å². The fourth-order valence-electron chi connectivity index (χ4n) is 1.02. The minimum absolute atomic E-state index is 0.0370. The molecule has 1 nitrogen and oxygen atoms in total. The van der Waals surface area contributed by atoms with E-state index in [1.807, 2.05) is 6.92 Å². The number of ether oxygens (including phenoxy) is 1. The molecule has 1 aromatic rings. The SMILES string of the molecule is CCCOc1cc(C)c(F)c(F)c1F. The van der Waals surface area contributed by atoms with Crippen molar-refractivity contribution >= 4 is 0 Å². The summed E-state index contributed by atoms with van der Waals surface area (Å²) in [5, 5.41) is 0. The van der Waals surface area contributed by atoms with Gasteiger partial charge in [0, 0.05) is 0 Å². The molecule has 0 fully saturated rings. The molecular weight excluding hydrogens is 193 g/mol. The van der Waals surface area contributed by atoms with Crippen LogP contribution < -0.4 is 4.74 Å². The van der Waals surface area contributed by atoms with Gasteiger partial charge in [0.25, 0.3) is 0 Å². The van der Waals surface area contributed by atoms with Gasteiger partial charge >= 0.3 is 0 Å². The van der Waals surface area contributed by atoms with Crippen LogP contribution in [-0.2, 0) is 0 Å². The third kappa shape index (κ3) is 2.00. The molecule has 0 aromatic heterocycles. The smallest absolute Gasteiger partial charge is 0.203 e. The summed E-state index contributed by atoms with van der Waals surface area (Å²) in [4.78, 5) is 0. The summed E-state index contributed by atoms with van der Waals surface area (Å²) in [6, 6.07) is 1.16. The molecule has 0 radical (unpaired) electrons. The Morgan fingerprint density at radius 1 is 1.14 bits per heavy atom. The first kappa shape index (κ1) is 10.9. The monoisotopic (exact) mass is 204 g/mol. The van der Waals surface area contributed by atoms with Crippen LogP contribution in [0.1, 0.15) is 18.9 Å². The maximum Gasteiger partial charge on any atom is 0.203 e. The standard InChI is InChI=1S/C10H11F3O/c1-3-4-14-7-5-6(2)8(11)10(13)9(7)12/h5H,3-4H2,1-2H3. The van der Waals surface area contributed by atoms with Crippen LogP contribution in [0.2, 0.25) is 0 Å². The van der Waals surface area contributed by atoms with Crippen LogP contribution in [0.5, 0.6) is 5.75 Å². The summed E-state index contributed by atoms with van der Waals surface area (Å²) in [5.41, 5.74) is 0.0370. The molecule has 0 N–H and O–H groups in total. The fourth-order valence-corrected chi connectivity index (χ4v) is 1.02. The number of halogens is 3. The van der Waals surface area contributed by atoms with Crippen LogP contribution in [0.15, 0.2) is 6.07 Å². The molecule has 14 heavy (non-hydrogen) atoms. The van der Waals surface area contributed by atoms with Gasteiger partial charge in [-0.1, -0.05) is 6.92 Å². The lowest BCUT2D eigenvalue weighted by atomic mass is 10.2. The van der Waals surface area contributed by atoms with Gasteiger partial charge < -0.3 is 4.74 Å². The summed E-state index contributed by atoms with van der Waals surface area (Å²) in [6.07, 6.45) is 0.678. The molecule has 0 bridgehead atoms. The van der Waals surface area contributed by atoms with E-state index >= 15 is 0 Å². The largest absolute Gasteiger partial charge is 0.490 e. The molecule has 0 aliphatic heterocycles. The molecule has 0 spiro atoms. The zero-order valence-corrected chi connectivity index (χ0v) is 8.03. The Balaban J connectivity index is 3.06. The highest BCUT2D eigenvalue weighted by Gasteiger charge is 2.17. The lowest BCUT2D eigenvalue weighted by molar-refractivity contribution is 0.291. The Morgan fingerprint density at radius 3 is 2.36 bits per heavy atom. The Hall–Kier alpha value is -1.19. The topological polar surface area (TPSA) is 9.23 Å². The van der Waals surface area contributed by atoms with Gasteiger partial charge in [0.15, 0.2) is 17.4 Å². The van der Waals surface area contributed by atoms with Crippen molar-refractivity contribution in [2.75, 3.05) is 6.61 Å². The molecule has 1 aromatic carbocycles. The van der Waals surface area contributed by atoms with E-state index in [4.69, 9.17) is 4.74 Å². The highest BCUT2D eigenvalue weighted by atomic mass is 19.2. The van der Waals surface area contributed by atoms with Crippen LogP contribution in [0.25, 0.3) is 0 Å². The quantitative estimate of drug-likeness (QED) is 0.687. The van der Waals surface area contributed by atoms with Gasteiger partial charge in [0.1, 0.15) is 0 Å². The molecule has 0 saturated heterocycles. The Kier molecular flexibility index (Phi) is 3.38. The molecule has 0 heterocycles. The van der Waals surface area contributed by atoms with Crippen molar-refractivity contribution in [2.45, 2.75) is 20.3 Å². The summed E-state index contributed by atoms with van der Waals surface area (Å²) in [5.74, 6) is -4.13. The predicted octanol–water partition coefficient (Wildman–Crippen LogP) is 3.20. The molecule has 0 atom stereocenters. The van der Waals surface area contributed by atoms with Gasteiger partial charge in [-0.2, -0.15) is 4.39 Å². The predicted molar refractivity (Wildman–Crippen MR) is 46.8 cm³/mol. The van der Waals surface area contributed by atoms with E-state index in [9.17, 15) is 13.2 Å². The van der Waals surface area contributed by atoms with Crippen molar-refractivity contribution in [3.63, 3.8) is 0 Å². The van der Waals surface area contributed by atoms with Crippen LogP contribution in [0.4, 0.5) is 13.2 Å². The van der Waals surface area contributed by atoms with Crippen LogP contribution >= 0.6 is 0 Å². The van der Waals surface area contributed by atoms with Crippen molar-refractivity contribution in [3.8, 4) is 5.75 Å². The van der Waals surface area contributed by atoms with Gasteiger partial charge in [-0.15, -0.1) is 0 Å². The lowest BCUT2D eigenvalue weighted by Crippen LogP contribution is -2.02. The maximum atomic E-state index is 13.0. The summed E-state index contributed by atoms with van der Waals surface area (Å²) >= 11 is 0.